The molecule has 0 radical (unpaired) electrons. The topological polar surface area (TPSA) is 104 Å². The van der Waals surface area contributed by atoms with Crippen molar-refractivity contribution >= 4 is 46.2 Å². The average Bonchev–Trinajstić information content (AvgIpc) is 3.11. The number of halogens is 2. The number of anilines is 1. The summed E-state index contributed by atoms with van der Waals surface area (Å²) >= 11 is 12.5. The van der Waals surface area contributed by atoms with Crippen LogP contribution in [0.3, 0.4) is 0 Å². The fraction of sp³-hybridized carbons (Fsp3) is 0.143. The maximum atomic E-state index is 11.3. The molecule has 2 aromatic carbocycles. The van der Waals surface area contributed by atoms with Crippen molar-refractivity contribution in [2.45, 2.75) is 5.60 Å². The molecule has 10 heteroatoms. The van der Waals surface area contributed by atoms with Crippen molar-refractivity contribution in [3.8, 4) is 17.1 Å². The maximum Gasteiger partial charge on any atom is 0.339 e. The highest BCUT2D eigenvalue weighted by Gasteiger charge is 2.49. The van der Waals surface area contributed by atoms with Gasteiger partial charge < -0.3 is 15.1 Å². The van der Waals surface area contributed by atoms with E-state index in [0.29, 0.717) is 38.4 Å². The molecule has 1 aliphatic heterocycles. The summed E-state index contributed by atoms with van der Waals surface area (Å²) in [6.07, 6.45) is 1.39. The molecule has 0 unspecified atom stereocenters. The van der Waals surface area contributed by atoms with Gasteiger partial charge in [-0.25, -0.2) is 19.7 Å². The molecule has 156 valence electrons. The number of carboxylic acid groups (broad SMARTS) is 1. The van der Waals surface area contributed by atoms with E-state index < -0.39 is 11.6 Å². The lowest BCUT2D eigenvalue weighted by molar-refractivity contribution is -0.161. The van der Waals surface area contributed by atoms with Crippen molar-refractivity contribution < 1.29 is 15.0 Å². The van der Waals surface area contributed by atoms with Crippen LogP contribution in [0.25, 0.3) is 28.2 Å². The molecule has 0 bridgehead atoms. The third-order valence-corrected chi connectivity index (χ3v) is 5.81. The highest BCUT2D eigenvalue weighted by atomic mass is 35.5. The van der Waals surface area contributed by atoms with E-state index in [2.05, 4.69) is 9.97 Å². The van der Waals surface area contributed by atoms with E-state index in [1.807, 2.05) is 34.9 Å². The summed E-state index contributed by atoms with van der Waals surface area (Å²) in [5.41, 5.74) is 0.667. The standard InChI is InChI=1S/C21H15Cl2N5O3/c22-12-5-7-13(8-6-12)28-17(14-3-1-2-4-15(14)23)26-16-18(24-11-25-19(16)28)27-9-21(31,10-27)20(29)30/h1-8,11,31H,9-10H2,(H,29,30). The Balaban J connectivity index is 1.72. The van der Waals surface area contributed by atoms with E-state index in [4.69, 9.17) is 28.2 Å². The number of β-amino-alcohol motifs (C(OH)–C–C–N with tert-alkyl or cyclic N) is 1. The number of aromatic nitrogens is 4. The number of imidazole rings is 1. The molecule has 3 heterocycles. The van der Waals surface area contributed by atoms with Gasteiger partial charge in [0.2, 0.25) is 0 Å². The van der Waals surface area contributed by atoms with E-state index in [-0.39, 0.29) is 13.1 Å². The summed E-state index contributed by atoms with van der Waals surface area (Å²) in [6.45, 7) is -0.187. The molecule has 31 heavy (non-hydrogen) atoms. The monoisotopic (exact) mass is 455 g/mol. The number of nitrogens with zero attached hydrogens (tertiary/aromatic N) is 5. The van der Waals surface area contributed by atoms with Gasteiger partial charge in [-0.3, -0.25) is 4.57 Å². The van der Waals surface area contributed by atoms with Crippen LogP contribution in [-0.2, 0) is 4.79 Å². The Kier molecular flexibility index (Phi) is 4.58. The van der Waals surface area contributed by atoms with Crippen molar-refractivity contribution in [2.24, 2.45) is 0 Å². The lowest BCUT2D eigenvalue weighted by Crippen LogP contribution is -2.66. The Morgan fingerprint density at radius 1 is 1.03 bits per heavy atom. The van der Waals surface area contributed by atoms with Gasteiger partial charge in [0.15, 0.2) is 22.6 Å². The number of benzene rings is 2. The fourth-order valence-corrected chi connectivity index (χ4v) is 3.99. The zero-order chi connectivity index (χ0) is 21.8. The van der Waals surface area contributed by atoms with Gasteiger partial charge in [-0.05, 0) is 36.4 Å². The summed E-state index contributed by atoms with van der Waals surface area (Å²) in [6, 6.07) is 14.6. The van der Waals surface area contributed by atoms with Crippen LogP contribution in [0, 0.1) is 0 Å². The van der Waals surface area contributed by atoms with E-state index in [0.717, 1.165) is 5.69 Å². The van der Waals surface area contributed by atoms with Crippen molar-refractivity contribution in [3.05, 3.63) is 64.9 Å². The molecule has 2 N–H and O–H groups in total. The van der Waals surface area contributed by atoms with Gasteiger partial charge in [0.05, 0.1) is 18.1 Å². The van der Waals surface area contributed by atoms with Crippen molar-refractivity contribution in [3.63, 3.8) is 0 Å². The second-order valence-electron chi connectivity index (χ2n) is 7.29. The number of aliphatic carboxylic acids is 1. The van der Waals surface area contributed by atoms with Crippen LogP contribution in [0.1, 0.15) is 0 Å². The molecule has 0 aliphatic carbocycles. The molecule has 2 aromatic heterocycles. The Bertz CT molecular complexity index is 1320. The molecule has 0 saturated carbocycles. The van der Waals surface area contributed by atoms with Crippen molar-refractivity contribution in [1.29, 1.82) is 0 Å². The summed E-state index contributed by atoms with van der Waals surface area (Å²) in [7, 11) is 0. The third kappa shape index (κ3) is 3.20. The fourth-order valence-electron chi connectivity index (χ4n) is 3.64. The predicted octanol–water partition coefficient (Wildman–Crippen LogP) is 3.43. The third-order valence-electron chi connectivity index (χ3n) is 5.23. The predicted molar refractivity (Wildman–Crippen MR) is 117 cm³/mol. The van der Waals surface area contributed by atoms with Crippen molar-refractivity contribution in [1.82, 2.24) is 19.5 Å². The van der Waals surface area contributed by atoms with E-state index >= 15 is 0 Å². The SMILES string of the molecule is O=C(O)C1(O)CN(c2ncnc3c2nc(-c2ccccc2Cl)n3-c2ccc(Cl)cc2)C1. The number of carbonyl (C=O) groups is 1. The summed E-state index contributed by atoms with van der Waals surface area (Å²) < 4.78 is 1.85. The van der Waals surface area contributed by atoms with Gasteiger partial charge in [-0.15, -0.1) is 0 Å². The molecule has 1 saturated heterocycles. The van der Waals surface area contributed by atoms with Gasteiger partial charge in [0, 0.05) is 16.3 Å². The molecular weight excluding hydrogens is 441 g/mol. The van der Waals surface area contributed by atoms with Gasteiger partial charge in [-0.1, -0.05) is 35.3 Å². The number of carboxylic acids is 1. The molecule has 5 rings (SSSR count). The van der Waals surface area contributed by atoms with Crippen LogP contribution in [0.15, 0.2) is 54.9 Å². The quantitative estimate of drug-likeness (QED) is 0.485. The largest absolute Gasteiger partial charge is 0.479 e. The second-order valence-corrected chi connectivity index (χ2v) is 8.13. The molecule has 1 aliphatic rings. The van der Waals surface area contributed by atoms with Gasteiger partial charge in [-0.2, -0.15) is 0 Å². The minimum Gasteiger partial charge on any atom is -0.479 e. The lowest BCUT2D eigenvalue weighted by Gasteiger charge is -2.43. The van der Waals surface area contributed by atoms with Gasteiger partial charge in [0.1, 0.15) is 12.2 Å². The number of fused-ring (bicyclic) bond motifs is 1. The number of hydrogen-bond donors (Lipinski definition) is 2. The Morgan fingerprint density at radius 2 is 1.74 bits per heavy atom. The number of rotatable bonds is 4. The van der Waals surface area contributed by atoms with Gasteiger partial charge in [0.25, 0.3) is 0 Å². The smallest absolute Gasteiger partial charge is 0.339 e. The second kappa shape index (κ2) is 7.19. The van der Waals surface area contributed by atoms with E-state index in [1.54, 1.807) is 23.1 Å². The number of hydrogen-bond acceptors (Lipinski definition) is 6. The molecule has 0 amide bonds. The average molecular weight is 456 g/mol. The van der Waals surface area contributed by atoms with Crippen LogP contribution in [0.4, 0.5) is 5.82 Å². The summed E-state index contributed by atoms with van der Waals surface area (Å²) in [4.78, 5) is 26.5. The van der Waals surface area contributed by atoms with E-state index in [9.17, 15) is 15.0 Å². The minimum atomic E-state index is -1.80. The molecule has 0 spiro atoms. The first-order chi connectivity index (χ1) is 14.9. The van der Waals surface area contributed by atoms with Crippen LogP contribution in [-0.4, -0.2) is 54.4 Å². The summed E-state index contributed by atoms with van der Waals surface area (Å²) in [5.74, 6) is -0.270. The number of aliphatic hydroxyl groups is 1. The zero-order valence-electron chi connectivity index (χ0n) is 15.9. The van der Waals surface area contributed by atoms with Crippen LogP contribution < -0.4 is 4.90 Å². The molecular formula is C21H15Cl2N5O3. The van der Waals surface area contributed by atoms with Crippen LogP contribution in [0.2, 0.25) is 10.0 Å². The van der Waals surface area contributed by atoms with Gasteiger partial charge >= 0.3 is 5.97 Å². The Hall–Kier alpha value is -3.20. The van der Waals surface area contributed by atoms with Crippen molar-refractivity contribution in [2.75, 3.05) is 18.0 Å². The first kappa shape index (κ1) is 19.7. The summed E-state index contributed by atoms with van der Waals surface area (Å²) in [5, 5.41) is 20.5. The molecule has 8 nitrogen and oxygen atoms in total. The molecule has 0 atom stereocenters. The zero-order valence-corrected chi connectivity index (χ0v) is 17.4. The highest BCUT2D eigenvalue weighted by Crippen LogP contribution is 2.36. The highest BCUT2D eigenvalue weighted by molar-refractivity contribution is 6.33. The normalized spacial score (nSPS) is 15.1. The van der Waals surface area contributed by atoms with E-state index in [1.165, 1.54) is 6.33 Å². The maximum absolute atomic E-state index is 11.3. The molecule has 1 fully saturated rings. The molecule has 4 aromatic rings. The first-order valence-electron chi connectivity index (χ1n) is 9.32. The van der Waals surface area contributed by atoms with Crippen LogP contribution >= 0.6 is 23.2 Å². The van der Waals surface area contributed by atoms with Crippen LogP contribution in [0.5, 0.6) is 0 Å². The lowest BCUT2D eigenvalue weighted by atomic mass is 9.94. The Labute approximate surface area is 186 Å². The Morgan fingerprint density at radius 3 is 2.42 bits per heavy atom. The minimum absolute atomic E-state index is 0.0936. The first-order valence-corrected chi connectivity index (χ1v) is 10.1.